The summed E-state index contributed by atoms with van der Waals surface area (Å²) in [5, 5.41) is 8.00. The molecule has 1 amide bonds. The van der Waals surface area contributed by atoms with Gasteiger partial charge < -0.3 is 15.4 Å². The number of amides is 1. The third kappa shape index (κ3) is 3.45. The Morgan fingerprint density at radius 3 is 2.60 bits per heavy atom. The van der Waals surface area contributed by atoms with Gasteiger partial charge in [-0.3, -0.25) is 4.79 Å². The van der Waals surface area contributed by atoms with Gasteiger partial charge in [-0.25, -0.2) is 0 Å². The van der Waals surface area contributed by atoms with E-state index in [1.54, 1.807) is 13.2 Å². The zero-order valence-electron chi connectivity index (χ0n) is 12.2. The van der Waals surface area contributed by atoms with Gasteiger partial charge >= 0.3 is 0 Å². The molecule has 1 aliphatic rings. The number of nitrogens with zero attached hydrogens (tertiary/aromatic N) is 3. The monoisotopic (exact) mass is 278 g/mol. The summed E-state index contributed by atoms with van der Waals surface area (Å²) in [6, 6.07) is 3.42. The van der Waals surface area contributed by atoms with Crippen molar-refractivity contribution < 1.29 is 9.53 Å². The summed E-state index contributed by atoms with van der Waals surface area (Å²) in [6.07, 6.45) is 2.08. The molecule has 1 saturated carbocycles. The maximum atomic E-state index is 12.4. The summed E-state index contributed by atoms with van der Waals surface area (Å²) >= 11 is 0. The second-order valence-electron chi connectivity index (χ2n) is 5.53. The van der Waals surface area contributed by atoms with Crippen LogP contribution in [-0.2, 0) is 11.3 Å². The second-order valence-corrected chi connectivity index (χ2v) is 5.53. The fraction of sp³-hybridized carbons (Fsp3) is 0.643. The first kappa shape index (κ1) is 14.7. The van der Waals surface area contributed by atoms with E-state index in [0.29, 0.717) is 18.5 Å². The molecule has 1 aromatic heterocycles. The van der Waals surface area contributed by atoms with Crippen molar-refractivity contribution in [2.24, 2.45) is 11.7 Å². The number of ether oxygens (including phenoxy) is 1. The highest BCUT2D eigenvalue weighted by molar-refractivity contribution is 5.82. The van der Waals surface area contributed by atoms with Crippen molar-refractivity contribution in [1.82, 2.24) is 15.1 Å². The molecule has 0 aromatic carbocycles. The van der Waals surface area contributed by atoms with E-state index in [1.165, 1.54) is 0 Å². The molecule has 6 heteroatoms. The Bertz CT molecular complexity index is 457. The molecule has 0 radical (unpaired) electrons. The number of carbonyl (C=O) groups is 1. The van der Waals surface area contributed by atoms with Gasteiger partial charge in [0.25, 0.3) is 0 Å². The molecular weight excluding hydrogens is 256 g/mol. The van der Waals surface area contributed by atoms with Crippen LogP contribution in [0.2, 0.25) is 0 Å². The number of carbonyl (C=O) groups excluding carboxylic acids is 1. The van der Waals surface area contributed by atoms with E-state index in [4.69, 9.17) is 10.5 Å². The quantitative estimate of drug-likeness (QED) is 0.838. The molecule has 1 atom stereocenters. The first-order valence-corrected chi connectivity index (χ1v) is 6.95. The van der Waals surface area contributed by atoms with E-state index in [9.17, 15) is 4.79 Å². The highest BCUT2D eigenvalue weighted by atomic mass is 16.5. The van der Waals surface area contributed by atoms with Crippen molar-refractivity contribution >= 4 is 5.91 Å². The highest BCUT2D eigenvalue weighted by Gasteiger charge is 2.35. The van der Waals surface area contributed by atoms with E-state index in [-0.39, 0.29) is 11.8 Å². The predicted molar refractivity (Wildman–Crippen MR) is 75.0 cm³/mol. The third-order valence-corrected chi connectivity index (χ3v) is 3.51. The molecular formula is C14H22N4O2. The lowest BCUT2D eigenvalue weighted by Gasteiger charge is -2.26. The molecule has 0 spiro atoms. The fourth-order valence-corrected chi connectivity index (χ4v) is 1.97. The third-order valence-electron chi connectivity index (χ3n) is 3.51. The Hall–Kier alpha value is -1.69. The van der Waals surface area contributed by atoms with Crippen molar-refractivity contribution in [2.45, 2.75) is 45.3 Å². The van der Waals surface area contributed by atoms with Gasteiger partial charge in [0, 0.05) is 12.1 Å². The van der Waals surface area contributed by atoms with Crippen LogP contribution in [0.5, 0.6) is 5.88 Å². The van der Waals surface area contributed by atoms with Crippen LogP contribution in [0.15, 0.2) is 12.1 Å². The van der Waals surface area contributed by atoms with E-state index >= 15 is 0 Å². The Labute approximate surface area is 119 Å². The Morgan fingerprint density at radius 2 is 2.15 bits per heavy atom. The minimum atomic E-state index is -0.457. The molecule has 0 saturated heterocycles. The zero-order chi connectivity index (χ0) is 14.7. The number of methoxy groups -OCH3 is 1. The van der Waals surface area contributed by atoms with E-state index in [2.05, 4.69) is 10.2 Å². The average Bonchev–Trinajstić information content (AvgIpc) is 3.28. The van der Waals surface area contributed by atoms with Crippen LogP contribution in [0, 0.1) is 5.92 Å². The predicted octanol–water partition coefficient (Wildman–Crippen LogP) is 0.959. The van der Waals surface area contributed by atoms with E-state index < -0.39 is 6.04 Å². The highest BCUT2D eigenvalue weighted by Crippen LogP contribution is 2.29. The maximum Gasteiger partial charge on any atom is 0.240 e. The Balaban J connectivity index is 2.07. The summed E-state index contributed by atoms with van der Waals surface area (Å²) in [4.78, 5) is 14.3. The Morgan fingerprint density at radius 1 is 1.45 bits per heavy atom. The molecule has 1 heterocycles. The van der Waals surface area contributed by atoms with Crippen molar-refractivity contribution in [2.75, 3.05) is 7.11 Å². The fourth-order valence-electron chi connectivity index (χ4n) is 1.97. The molecule has 1 unspecified atom stereocenters. The van der Waals surface area contributed by atoms with Gasteiger partial charge in [0.05, 0.1) is 25.4 Å². The smallest absolute Gasteiger partial charge is 0.240 e. The standard InChI is InChI=1S/C14H22N4O2/c1-9(2)13(15)14(19)18(11-5-6-11)8-10-4-7-12(20-3)17-16-10/h4,7,9,11,13H,5-6,8,15H2,1-3H3. The number of aromatic nitrogens is 2. The summed E-state index contributed by atoms with van der Waals surface area (Å²) < 4.78 is 4.98. The van der Waals surface area contributed by atoms with Gasteiger partial charge in [0.1, 0.15) is 0 Å². The van der Waals surface area contributed by atoms with Crippen molar-refractivity contribution in [1.29, 1.82) is 0 Å². The lowest BCUT2D eigenvalue weighted by atomic mass is 10.0. The summed E-state index contributed by atoms with van der Waals surface area (Å²) in [5.74, 6) is 0.600. The minimum Gasteiger partial charge on any atom is -0.480 e. The molecule has 1 aromatic rings. The largest absolute Gasteiger partial charge is 0.480 e. The van der Waals surface area contributed by atoms with Gasteiger partial charge in [-0.05, 0) is 24.8 Å². The van der Waals surface area contributed by atoms with Crippen molar-refractivity contribution in [3.63, 3.8) is 0 Å². The van der Waals surface area contributed by atoms with Crippen LogP contribution in [0.3, 0.4) is 0 Å². The summed E-state index contributed by atoms with van der Waals surface area (Å²) in [6.45, 7) is 4.38. The first-order chi connectivity index (χ1) is 9.52. The van der Waals surface area contributed by atoms with E-state index in [0.717, 1.165) is 18.5 Å². The number of nitrogens with two attached hydrogens (primary N) is 1. The number of hydrogen-bond acceptors (Lipinski definition) is 5. The maximum absolute atomic E-state index is 12.4. The van der Waals surface area contributed by atoms with Crippen LogP contribution in [0.4, 0.5) is 0 Å². The number of hydrogen-bond donors (Lipinski definition) is 1. The van der Waals surface area contributed by atoms with Crippen molar-refractivity contribution in [3.8, 4) is 5.88 Å². The number of rotatable bonds is 6. The molecule has 6 nitrogen and oxygen atoms in total. The van der Waals surface area contributed by atoms with Gasteiger partial charge in [-0.2, -0.15) is 5.10 Å². The molecule has 1 aliphatic carbocycles. The van der Waals surface area contributed by atoms with Crippen LogP contribution >= 0.6 is 0 Å². The van der Waals surface area contributed by atoms with Gasteiger partial charge in [0.15, 0.2) is 0 Å². The topological polar surface area (TPSA) is 81.3 Å². The molecule has 20 heavy (non-hydrogen) atoms. The van der Waals surface area contributed by atoms with Crippen LogP contribution in [0.1, 0.15) is 32.4 Å². The van der Waals surface area contributed by atoms with Gasteiger partial charge in [-0.15, -0.1) is 5.10 Å². The van der Waals surface area contributed by atoms with E-state index in [1.807, 2.05) is 24.8 Å². The lowest BCUT2D eigenvalue weighted by Crippen LogP contribution is -2.47. The second kappa shape index (κ2) is 6.17. The lowest BCUT2D eigenvalue weighted by molar-refractivity contribution is -0.134. The van der Waals surface area contributed by atoms with Crippen LogP contribution in [0.25, 0.3) is 0 Å². The first-order valence-electron chi connectivity index (χ1n) is 6.95. The minimum absolute atomic E-state index is 0.000109. The summed E-state index contributed by atoms with van der Waals surface area (Å²) in [7, 11) is 1.55. The molecule has 0 aliphatic heterocycles. The van der Waals surface area contributed by atoms with Gasteiger partial charge in [-0.1, -0.05) is 13.8 Å². The Kier molecular flexibility index (Phi) is 4.54. The average molecular weight is 278 g/mol. The summed E-state index contributed by atoms with van der Waals surface area (Å²) in [5.41, 5.74) is 6.73. The SMILES string of the molecule is COc1ccc(CN(C(=O)C(N)C(C)C)C2CC2)nn1. The zero-order valence-corrected chi connectivity index (χ0v) is 12.2. The normalized spacial score (nSPS) is 16.1. The van der Waals surface area contributed by atoms with Crippen LogP contribution in [-0.4, -0.2) is 40.2 Å². The van der Waals surface area contributed by atoms with Crippen LogP contribution < -0.4 is 10.5 Å². The van der Waals surface area contributed by atoms with Crippen molar-refractivity contribution in [3.05, 3.63) is 17.8 Å². The molecule has 1 fully saturated rings. The molecule has 2 N–H and O–H groups in total. The molecule has 2 rings (SSSR count). The molecule has 0 bridgehead atoms. The van der Waals surface area contributed by atoms with Gasteiger partial charge in [0.2, 0.25) is 11.8 Å². The molecule has 110 valence electrons.